The van der Waals surface area contributed by atoms with Crippen LogP contribution < -0.4 is 4.90 Å². The van der Waals surface area contributed by atoms with E-state index in [0.717, 1.165) is 56.8 Å². The van der Waals surface area contributed by atoms with Crippen LogP contribution in [-0.2, 0) is 0 Å². The molecule has 20 heavy (non-hydrogen) atoms. The van der Waals surface area contributed by atoms with E-state index >= 15 is 0 Å². The highest BCUT2D eigenvalue weighted by atomic mass is 19.1. The van der Waals surface area contributed by atoms with E-state index in [-0.39, 0.29) is 5.82 Å². The Hall–Kier alpha value is -1.62. The van der Waals surface area contributed by atoms with Gasteiger partial charge in [0.15, 0.2) is 0 Å². The average Bonchev–Trinajstić information content (AvgIpc) is 2.97. The SMILES string of the molecule is O/N=C1/CCCC1N1CCN(c2ccc(F)cc2)CC1. The van der Waals surface area contributed by atoms with Crippen molar-refractivity contribution >= 4 is 11.4 Å². The second-order valence-corrected chi connectivity index (χ2v) is 5.50. The van der Waals surface area contributed by atoms with Gasteiger partial charge in [-0.3, -0.25) is 4.90 Å². The Bertz CT molecular complexity index is 480. The molecule has 2 fully saturated rings. The van der Waals surface area contributed by atoms with Gasteiger partial charge in [0.05, 0.1) is 11.8 Å². The molecule has 4 nitrogen and oxygen atoms in total. The molecule has 1 aromatic rings. The van der Waals surface area contributed by atoms with Gasteiger partial charge in [-0.15, -0.1) is 0 Å². The zero-order valence-corrected chi connectivity index (χ0v) is 11.5. The first-order valence-corrected chi connectivity index (χ1v) is 7.23. The lowest BCUT2D eigenvalue weighted by Crippen LogP contribution is -2.51. The van der Waals surface area contributed by atoms with Crippen LogP contribution in [0.25, 0.3) is 0 Å². The normalized spacial score (nSPS) is 26.4. The molecule has 0 radical (unpaired) electrons. The molecule has 108 valence electrons. The molecule has 1 N–H and O–H groups in total. The van der Waals surface area contributed by atoms with Crippen LogP contribution in [0.4, 0.5) is 10.1 Å². The molecule has 1 saturated carbocycles. The Morgan fingerprint density at radius 3 is 2.45 bits per heavy atom. The maximum absolute atomic E-state index is 12.9. The van der Waals surface area contributed by atoms with E-state index in [1.807, 2.05) is 12.1 Å². The molecule has 1 atom stereocenters. The molecule has 5 heteroatoms. The Kier molecular flexibility index (Phi) is 3.87. The molecule has 0 amide bonds. The molecule has 0 spiro atoms. The standard InChI is InChI=1S/C15H20FN3O/c16-12-4-6-13(7-5-12)18-8-10-19(11-9-18)15-3-1-2-14(15)17-20/h4-7,15,20H,1-3,8-11H2/b17-14-. The van der Waals surface area contributed by atoms with Crippen LogP contribution in [0.15, 0.2) is 29.4 Å². The lowest BCUT2D eigenvalue weighted by Gasteiger charge is -2.39. The van der Waals surface area contributed by atoms with Gasteiger partial charge in [-0.1, -0.05) is 5.16 Å². The van der Waals surface area contributed by atoms with E-state index in [1.165, 1.54) is 12.1 Å². The molecule has 1 saturated heterocycles. The maximum atomic E-state index is 12.9. The van der Waals surface area contributed by atoms with Gasteiger partial charge in [-0.05, 0) is 43.5 Å². The fraction of sp³-hybridized carbons (Fsp3) is 0.533. The van der Waals surface area contributed by atoms with Gasteiger partial charge in [0.1, 0.15) is 5.82 Å². The summed E-state index contributed by atoms with van der Waals surface area (Å²) < 4.78 is 12.9. The average molecular weight is 277 g/mol. The molecular formula is C15H20FN3O. The Morgan fingerprint density at radius 2 is 1.80 bits per heavy atom. The highest BCUT2D eigenvalue weighted by Crippen LogP contribution is 2.24. The number of hydrogen-bond donors (Lipinski definition) is 1. The van der Waals surface area contributed by atoms with Gasteiger partial charge in [0, 0.05) is 31.9 Å². The van der Waals surface area contributed by atoms with E-state index < -0.39 is 0 Å². The number of halogens is 1. The molecule has 2 aliphatic rings. The number of benzene rings is 1. The van der Waals surface area contributed by atoms with Crippen molar-refractivity contribution in [1.29, 1.82) is 0 Å². The number of rotatable bonds is 2. The second-order valence-electron chi connectivity index (χ2n) is 5.50. The second kappa shape index (κ2) is 5.79. The van der Waals surface area contributed by atoms with Gasteiger partial charge in [-0.25, -0.2) is 4.39 Å². The summed E-state index contributed by atoms with van der Waals surface area (Å²) in [6, 6.07) is 7.00. The minimum atomic E-state index is -0.192. The van der Waals surface area contributed by atoms with Crippen LogP contribution in [0, 0.1) is 5.82 Å². The first kappa shape index (κ1) is 13.4. The van der Waals surface area contributed by atoms with Crippen molar-refractivity contribution in [3.63, 3.8) is 0 Å². The van der Waals surface area contributed by atoms with Crippen LogP contribution in [0.5, 0.6) is 0 Å². The molecule has 0 aromatic heterocycles. The lowest BCUT2D eigenvalue weighted by molar-refractivity contribution is 0.221. The molecule has 1 aliphatic heterocycles. The molecule has 0 bridgehead atoms. The van der Waals surface area contributed by atoms with Gasteiger partial charge in [-0.2, -0.15) is 0 Å². The van der Waals surface area contributed by atoms with Gasteiger partial charge >= 0.3 is 0 Å². The summed E-state index contributed by atoms with van der Waals surface area (Å²) in [5.41, 5.74) is 2.01. The van der Waals surface area contributed by atoms with E-state index in [4.69, 9.17) is 5.21 Å². The lowest BCUT2D eigenvalue weighted by atomic mass is 10.1. The first-order valence-electron chi connectivity index (χ1n) is 7.23. The first-order chi connectivity index (χ1) is 9.78. The fourth-order valence-electron chi connectivity index (χ4n) is 3.26. The largest absolute Gasteiger partial charge is 0.411 e. The van der Waals surface area contributed by atoms with Crippen molar-refractivity contribution in [1.82, 2.24) is 4.90 Å². The van der Waals surface area contributed by atoms with Crippen molar-refractivity contribution in [2.24, 2.45) is 5.16 Å². The van der Waals surface area contributed by atoms with E-state index in [9.17, 15) is 4.39 Å². The summed E-state index contributed by atoms with van der Waals surface area (Å²) in [5, 5.41) is 12.5. The fourth-order valence-corrected chi connectivity index (χ4v) is 3.26. The van der Waals surface area contributed by atoms with Gasteiger partial charge in [0.2, 0.25) is 0 Å². The number of hydrogen-bond acceptors (Lipinski definition) is 4. The van der Waals surface area contributed by atoms with Crippen molar-refractivity contribution in [2.45, 2.75) is 25.3 Å². The van der Waals surface area contributed by atoms with Crippen molar-refractivity contribution in [3.05, 3.63) is 30.1 Å². The zero-order valence-electron chi connectivity index (χ0n) is 11.5. The molecule has 1 aliphatic carbocycles. The smallest absolute Gasteiger partial charge is 0.123 e. The van der Waals surface area contributed by atoms with Crippen LogP contribution in [0.2, 0.25) is 0 Å². The van der Waals surface area contributed by atoms with E-state index in [0.29, 0.717) is 6.04 Å². The number of anilines is 1. The molecule has 1 aromatic carbocycles. The van der Waals surface area contributed by atoms with E-state index in [2.05, 4.69) is 15.0 Å². The van der Waals surface area contributed by atoms with Crippen LogP contribution in [0.3, 0.4) is 0 Å². The van der Waals surface area contributed by atoms with E-state index in [1.54, 1.807) is 0 Å². The highest BCUT2D eigenvalue weighted by Gasteiger charge is 2.31. The Labute approximate surface area is 118 Å². The summed E-state index contributed by atoms with van der Waals surface area (Å²) in [6.07, 6.45) is 3.12. The third-order valence-corrected chi connectivity index (χ3v) is 4.37. The number of oxime groups is 1. The van der Waals surface area contributed by atoms with Gasteiger partial charge in [0.25, 0.3) is 0 Å². The van der Waals surface area contributed by atoms with Crippen LogP contribution >= 0.6 is 0 Å². The van der Waals surface area contributed by atoms with Crippen molar-refractivity contribution < 1.29 is 9.60 Å². The molecular weight excluding hydrogens is 257 g/mol. The summed E-state index contributed by atoms with van der Waals surface area (Å²) in [5.74, 6) is -0.192. The third kappa shape index (κ3) is 2.63. The summed E-state index contributed by atoms with van der Waals surface area (Å²) >= 11 is 0. The van der Waals surface area contributed by atoms with Crippen molar-refractivity contribution in [2.75, 3.05) is 31.1 Å². The number of nitrogens with zero attached hydrogens (tertiary/aromatic N) is 3. The maximum Gasteiger partial charge on any atom is 0.123 e. The summed E-state index contributed by atoms with van der Waals surface area (Å²) in [4.78, 5) is 4.68. The quantitative estimate of drug-likeness (QED) is 0.666. The Morgan fingerprint density at radius 1 is 1.10 bits per heavy atom. The summed E-state index contributed by atoms with van der Waals surface area (Å²) in [6.45, 7) is 3.78. The highest BCUT2D eigenvalue weighted by molar-refractivity contribution is 5.90. The van der Waals surface area contributed by atoms with Crippen LogP contribution in [0.1, 0.15) is 19.3 Å². The molecule has 1 heterocycles. The van der Waals surface area contributed by atoms with Gasteiger partial charge < -0.3 is 10.1 Å². The monoisotopic (exact) mass is 277 g/mol. The third-order valence-electron chi connectivity index (χ3n) is 4.37. The molecule has 1 unspecified atom stereocenters. The summed E-state index contributed by atoms with van der Waals surface area (Å²) in [7, 11) is 0. The van der Waals surface area contributed by atoms with Crippen molar-refractivity contribution in [3.8, 4) is 0 Å². The Balaban J connectivity index is 1.61. The molecule has 3 rings (SSSR count). The van der Waals surface area contributed by atoms with Crippen LogP contribution in [-0.4, -0.2) is 48.0 Å². The zero-order chi connectivity index (χ0) is 13.9. The minimum Gasteiger partial charge on any atom is -0.411 e. The predicted octanol–water partition coefficient (Wildman–Crippen LogP) is 2.33. The minimum absolute atomic E-state index is 0.192. The topological polar surface area (TPSA) is 39.1 Å². The number of piperazine rings is 1. The predicted molar refractivity (Wildman–Crippen MR) is 77.0 cm³/mol.